The summed E-state index contributed by atoms with van der Waals surface area (Å²) in [6.07, 6.45) is 0.729. The van der Waals surface area contributed by atoms with Crippen molar-refractivity contribution in [3.05, 3.63) is 35.4 Å². The van der Waals surface area contributed by atoms with Gasteiger partial charge in [-0.25, -0.2) is 8.78 Å². The average molecular weight is 276 g/mol. The van der Waals surface area contributed by atoms with Crippen LogP contribution in [0.1, 0.15) is 18.9 Å². The summed E-state index contributed by atoms with van der Waals surface area (Å²) in [6, 6.07) is 3.20. The molecule has 1 aromatic carbocycles. The molecule has 1 atom stereocenters. The van der Waals surface area contributed by atoms with Gasteiger partial charge in [-0.2, -0.15) is 0 Å². The van der Waals surface area contributed by atoms with Crippen molar-refractivity contribution in [3.63, 3.8) is 0 Å². The van der Waals surface area contributed by atoms with E-state index in [1.807, 2.05) is 6.92 Å². The van der Waals surface area contributed by atoms with E-state index in [4.69, 9.17) is 11.6 Å². The van der Waals surface area contributed by atoms with Gasteiger partial charge in [-0.1, -0.05) is 13.0 Å². The van der Waals surface area contributed by atoms with Gasteiger partial charge in [0.2, 0.25) is 5.91 Å². The summed E-state index contributed by atoms with van der Waals surface area (Å²) in [5, 5.41) is 2.70. The number of hydrogen-bond acceptors (Lipinski definition) is 1. The molecule has 1 unspecified atom stereocenters. The Hall–Kier alpha value is -1.16. The average Bonchev–Trinajstić information content (AvgIpc) is 2.31. The summed E-state index contributed by atoms with van der Waals surface area (Å²) in [4.78, 5) is 11.6. The molecule has 0 aliphatic rings. The van der Waals surface area contributed by atoms with Crippen molar-refractivity contribution in [1.82, 2.24) is 5.32 Å². The Balaban J connectivity index is 2.44. The summed E-state index contributed by atoms with van der Waals surface area (Å²) >= 11 is 5.58. The minimum Gasteiger partial charge on any atom is -0.356 e. The van der Waals surface area contributed by atoms with Crippen molar-refractivity contribution in [3.8, 4) is 0 Å². The highest BCUT2D eigenvalue weighted by Crippen LogP contribution is 2.10. The van der Waals surface area contributed by atoms with Crippen molar-refractivity contribution < 1.29 is 13.6 Å². The second-order valence-electron chi connectivity index (χ2n) is 4.30. The molecule has 5 heteroatoms. The van der Waals surface area contributed by atoms with Crippen LogP contribution >= 0.6 is 11.6 Å². The summed E-state index contributed by atoms with van der Waals surface area (Å²) < 4.78 is 26.0. The molecule has 2 nitrogen and oxygen atoms in total. The molecule has 0 fully saturated rings. The zero-order chi connectivity index (χ0) is 13.5. The third-order valence-electron chi connectivity index (χ3n) is 2.62. The minimum atomic E-state index is -0.695. The van der Waals surface area contributed by atoms with Crippen molar-refractivity contribution in [2.24, 2.45) is 5.92 Å². The fourth-order valence-corrected chi connectivity index (χ4v) is 1.85. The Bertz CT molecular complexity index is 412. The van der Waals surface area contributed by atoms with Crippen LogP contribution in [0.3, 0.4) is 0 Å². The molecule has 1 aromatic rings. The maximum absolute atomic E-state index is 13.3. The van der Waals surface area contributed by atoms with E-state index in [1.54, 1.807) is 0 Å². The first-order valence-corrected chi connectivity index (χ1v) is 6.33. The molecule has 0 radical (unpaired) electrons. The van der Waals surface area contributed by atoms with E-state index in [2.05, 4.69) is 5.32 Å². The molecule has 1 amide bonds. The second kappa shape index (κ2) is 7.31. The van der Waals surface area contributed by atoms with Gasteiger partial charge in [0.15, 0.2) is 0 Å². The Labute approximate surface area is 110 Å². The summed E-state index contributed by atoms with van der Waals surface area (Å²) in [5.41, 5.74) is 0.193. The van der Waals surface area contributed by atoms with Crippen LogP contribution in [0.4, 0.5) is 8.78 Å². The van der Waals surface area contributed by atoms with Crippen molar-refractivity contribution in [1.29, 1.82) is 0 Å². The zero-order valence-electron chi connectivity index (χ0n) is 10.2. The van der Waals surface area contributed by atoms with E-state index in [0.717, 1.165) is 18.6 Å². The highest BCUT2D eigenvalue weighted by molar-refractivity contribution is 6.17. The number of amides is 1. The third kappa shape index (κ3) is 5.00. The highest BCUT2D eigenvalue weighted by Gasteiger charge is 2.10. The number of benzene rings is 1. The van der Waals surface area contributed by atoms with Gasteiger partial charge in [-0.05, 0) is 24.0 Å². The van der Waals surface area contributed by atoms with Gasteiger partial charge in [0.05, 0.1) is 6.42 Å². The summed E-state index contributed by atoms with van der Waals surface area (Å²) in [7, 11) is 0. The van der Waals surface area contributed by atoms with Crippen molar-refractivity contribution in [2.75, 3.05) is 12.4 Å². The van der Waals surface area contributed by atoms with Crippen LogP contribution < -0.4 is 5.32 Å². The molecule has 1 N–H and O–H groups in total. The lowest BCUT2D eigenvalue weighted by Gasteiger charge is -2.11. The molecule has 0 saturated heterocycles. The molecule has 100 valence electrons. The molecule has 0 saturated carbocycles. The van der Waals surface area contributed by atoms with E-state index in [-0.39, 0.29) is 23.8 Å². The largest absolute Gasteiger partial charge is 0.356 e. The van der Waals surface area contributed by atoms with Gasteiger partial charge >= 0.3 is 0 Å². The van der Waals surface area contributed by atoms with Crippen LogP contribution in [-0.4, -0.2) is 18.3 Å². The maximum atomic E-state index is 13.3. The number of carbonyl (C=O) groups excluding carboxylic acids is 1. The van der Waals surface area contributed by atoms with Gasteiger partial charge in [-0.3, -0.25) is 4.79 Å². The lowest BCUT2D eigenvalue weighted by molar-refractivity contribution is -0.120. The van der Waals surface area contributed by atoms with Gasteiger partial charge < -0.3 is 5.32 Å². The topological polar surface area (TPSA) is 29.1 Å². The van der Waals surface area contributed by atoms with Gasteiger partial charge in [0.1, 0.15) is 11.6 Å². The first-order valence-electron chi connectivity index (χ1n) is 5.79. The predicted molar refractivity (Wildman–Crippen MR) is 67.6 cm³/mol. The molecule has 0 spiro atoms. The van der Waals surface area contributed by atoms with E-state index in [9.17, 15) is 13.6 Å². The molecule has 0 heterocycles. The molecular formula is C13H16ClF2NO. The number of nitrogens with one attached hydrogen (secondary N) is 1. The number of hydrogen-bond donors (Lipinski definition) is 1. The molecule has 0 aromatic heterocycles. The number of rotatable bonds is 6. The molecule has 18 heavy (non-hydrogen) atoms. The normalized spacial score (nSPS) is 12.2. The van der Waals surface area contributed by atoms with Crippen LogP contribution in [0.15, 0.2) is 18.2 Å². The Morgan fingerprint density at radius 3 is 2.78 bits per heavy atom. The smallest absolute Gasteiger partial charge is 0.224 e. The molecule has 0 bridgehead atoms. The van der Waals surface area contributed by atoms with Gasteiger partial charge in [0.25, 0.3) is 0 Å². The monoisotopic (exact) mass is 275 g/mol. The van der Waals surface area contributed by atoms with Crippen LogP contribution in [-0.2, 0) is 11.2 Å². The van der Waals surface area contributed by atoms with Crippen molar-refractivity contribution >= 4 is 17.5 Å². The lowest BCUT2D eigenvalue weighted by atomic mass is 10.1. The minimum absolute atomic E-state index is 0.0836. The highest BCUT2D eigenvalue weighted by atomic mass is 35.5. The lowest BCUT2D eigenvalue weighted by Crippen LogP contribution is -2.30. The quantitative estimate of drug-likeness (QED) is 0.795. The van der Waals surface area contributed by atoms with Gasteiger partial charge in [-0.15, -0.1) is 11.6 Å². The van der Waals surface area contributed by atoms with E-state index in [1.165, 1.54) is 6.07 Å². The number of carbonyl (C=O) groups is 1. The van der Waals surface area contributed by atoms with Crippen LogP contribution in [0.2, 0.25) is 0 Å². The maximum Gasteiger partial charge on any atom is 0.224 e. The van der Waals surface area contributed by atoms with Crippen LogP contribution in [0, 0.1) is 17.6 Å². The Morgan fingerprint density at radius 1 is 1.44 bits per heavy atom. The van der Waals surface area contributed by atoms with E-state index < -0.39 is 11.6 Å². The van der Waals surface area contributed by atoms with Gasteiger partial charge in [0, 0.05) is 18.5 Å². The Morgan fingerprint density at radius 2 is 2.17 bits per heavy atom. The molecular weight excluding hydrogens is 260 g/mol. The molecule has 0 aliphatic carbocycles. The van der Waals surface area contributed by atoms with Crippen molar-refractivity contribution in [2.45, 2.75) is 19.8 Å². The van der Waals surface area contributed by atoms with E-state index >= 15 is 0 Å². The fourth-order valence-electron chi connectivity index (χ4n) is 1.48. The Kier molecular flexibility index (Phi) is 6.05. The summed E-state index contributed by atoms with van der Waals surface area (Å²) in [6.45, 7) is 2.48. The predicted octanol–water partition coefficient (Wildman–Crippen LogP) is 2.89. The first-order chi connectivity index (χ1) is 8.52. The SMILES string of the molecule is CC(CCCl)CNC(=O)Cc1ccc(F)cc1F. The second-order valence-corrected chi connectivity index (χ2v) is 4.68. The van der Waals surface area contributed by atoms with Crippen LogP contribution in [0.5, 0.6) is 0 Å². The third-order valence-corrected chi connectivity index (χ3v) is 2.83. The fraction of sp³-hybridized carbons (Fsp3) is 0.462. The van der Waals surface area contributed by atoms with E-state index in [0.29, 0.717) is 12.4 Å². The standard InChI is InChI=1S/C13H16ClF2NO/c1-9(4-5-14)8-17-13(18)6-10-2-3-11(15)7-12(10)16/h2-3,7,9H,4-6,8H2,1H3,(H,17,18). The molecule has 1 rings (SSSR count). The number of halogens is 3. The first kappa shape index (κ1) is 14.9. The zero-order valence-corrected chi connectivity index (χ0v) is 10.9. The summed E-state index contributed by atoms with van der Waals surface area (Å²) in [5.74, 6) is -0.790. The van der Waals surface area contributed by atoms with Crippen LogP contribution in [0.25, 0.3) is 0 Å². The number of alkyl halides is 1. The molecule has 0 aliphatic heterocycles.